The Morgan fingerprint density at radius 2 is 1.72 bits per heavy atom. The van der Waals surface area contributed by atoms with E-state index in [1.807, 2.05) is 6.92 Å². The average Bonchev–Trinajstić information content (AvgIpc) is 2.64. The number of ether oxygens (including phenoxy) is 1. The highest BCUT2D eigenvalue weighted by Gasteiger charge is 2.22. The quantitative estimate of drug-likeness (QED) is 0.768. The van der Waals surface area contributed by atoms with Crippen LogP contribution in [-0.2, 0) is 10.0 Å². The molecular formula is C20H25F2N3O3S. The zero-order valence-electron chi connectivity index (χ0n) is 16.7. The van der Waals surface area contributed by atoms with Crippen LogP contribution in [0.4, 0.5) is 20.2 Å². The minimum Gasteiger partial charge on any atom is -0.433 e. The summed E-state index contributed by atoms with van der Waals surface area (Å²) in [6.45, 7) is 4.02. The molecule has 2 aromatic carbocycles. The molecule has 0 unspecified atom stereocenters. The maximum atomic E-state index is 13.0. The molecule has 1 aliphatic heterocycles. The fourth-order valence-corrected chi connectivity index (χ4v) is 4.35. The van der Waals surface area contributed by atoms with E-state index in [0.29, 0.717) is 5.56 Å². The van der Waals surface area contributed by atoms with E-state index in [4.69, 9.17) is 0 Å². The predicted octanol–water partition coefficient (Wildman–Crippen LogP) is 3.46. The Kier molecular flexibility index (Phi) is 6.28. The van der Waals surface area contributed by atoms with Crippen molar-refractivity contribution >= 4 is 21.4 Å². The largest absolute Gasteiger partial charge is 0.433 e. The van der Waals surface area contributed by atoms with Crippen LogP contribution in [-0.4, -0.2) is 53.2 Å². The van der Waals surface area contributed by atoms with Gasteiger partial charge in [-0.1, -0.05) is 12.1 Å². The molecule has 6 nitrogen and oxygen atoms in total. The summed E-state index contributed by atoms with van der Waals surface area (Å²) in [4.78, 5) is 4.45. The number of alkyl halides is 2. The predicted molar refractivity (Wildman–Crippen MR) is 110 cm³/mol. The fourth-order valence-electron chi connectivity index (χ4n) is 3.27. The first kappa shape index (κ1) is 21.3. The van der Waals surface area contributed by atoms with Crippen LogP contribution in [0.2, 0.25) is 0 Å². The summed E-state index contributed by atoms with van der Waals surface area (Å²) < 4.78 is 58.1. The molecule has 158 valence electrons. The van der Waals surface area contributed by atoms with Crippen molar-refractivity contribution < 1.29 is 21.9 Å². The van der Waals surface area contributed by atoms with Crippen molar-refractivity contribution in [3.8, 4) is 5.75 Å². The van der Waals surface area contributed by atoms with Crippen molar-refractivity contribution in [1.29, 1.82) is 0 Å². The number of aryl methyl sites for hydroxylation is 2. The topological polar surface area (TPSA) is 61.9 Å². The molecular weight excluding hydrogens is 400 g/mol. The second kappa shape index (κ2) is 8.54. The van der Waals surface area contributed by atoms with Crippen molar-refractivity contribution in [2.75, 3.05) is 42.8 Å². The Balaban J connectivity index is 1.91. The van der Waals surface area contributed by atoms with E-state index in [-0.39, 0.29) is 16.3 Å². The van der Waals surface area contributed by atoms with E-state index in [1.54, 1.807) is 25.1 Å². The van der Waals surface area contributed by atoms with Crippen LogP contribution >= 0.6 is 0 Å². The molecule has 3 rings (SSSR count). The molecule has 29 heavy (non-hydrogen) atoms. The molecule has 1 fully saturated rings. The third-order valence-corrected chi connectivity index (χ3v) is 6.29. The Morgan fingerprint density at radius 1 is 1.03 bits per heavy atom. The molecule has 1 aliphatic rings. The maximum absolute atomic E-state index is 13.0. The van der Waals surface area contributed by atoms with Gasteiger partial charge >= 0.3 is 6.61 Å². The number of hydrogen-bond acceptors (Lipinski definition) is 5. The molecule has 1 N–H and O–H groups in total. The number of piperazine rings is 1. The lowest BCUT2D eigenvalue weighted by molar-refractivity contribution is -0.0493. The van der Waals surface area contributed by atoms with Crippen molar-refractivity contribution in [3.05, 3.63) is 47.5 Å². The van der Waals surface area contributed by atoms with E-state index < -0.39 is 16.6 Å². The number of nitrogens with one attached hydrogen (secondary N) is 1. The van der Waals surface area contributed by atoms with Gasteiger partial charge in [0.2, 0.25) is 0 Å². The normalized spacial score (nSPS) is 15.6. The molecule has 1 saturated heterocycles. The minimum atomic E-state index is -3.99. The molecule has 0 bridgehead atoms. The molecule has 1 heterocycles. The second-order valence-corrected chi connectivity index (χ2v) is 8.90. The van der Waals surface area contributed by atoms with Crippen LogP contribution in [0.25, 0.3) is 0 Å². The van der Waals surface area contributed by atoms with Gasteiger partial charge in [-0.2, -0.15) is 8.78 Å². The average molecular weight is 426 g/mol. The third-order valence-electron chi connectivity index (χ3n) is 4.93. The molecule has 0 saturated carbocycles. The van der Waals surface area contributed by atoms with Crippen molar-refractivity contribution in [2.45, 2.75) is 25.4 Å². The fraction of sp³-hybridized carbons (Fsp3) is 0.400. The summed E-state index contributed by atoms with van der Waals surface area (Å²) in [6, 6.07) is 9.27. The van der Waals surface area contributed by atoms with Crippen LogP contribution in [0.5, 0.6) is 5.75 Å². The van der Waals surface area contributed by atoms with Gasteiger partial charge in [0.15, 0.2) is 0 Å². The number of benzene rings is 2. The van der Waals surface area contributed by atoms with Gasteiger partial charge in [0.1, 0.15) is 5.75 Å². The Morgan fingerprint density at radius 3 is 2.38 bits per heavy atom. The van der Waals surface area contributed by atoms with Gasteiger partial charge in [-0.05, 0) is 56.3 Å². The van der Waals surface area contributed by atoms with Crippen LogP contribution < -0.4 is 14.4 Å². The van der Waals surface area contributed by atoms with E-state index in [1.165, 1.54) is 18.2 Å². The lowest BCUT2D eigenvalue weighted by Gasteiger charge is -2.35. The third kappa shape index (κ3) is 5.16. The highest BCUT2D eigenvalue weighted by atomic mass is 32.2. The lowest BCUT2D eigenvalue weighted by atomic mass is 10.1. The molecule has 0 aromatic heterocycles. The summed E-state index contributed by atoms with van der Waals surface area (Å²) in [5.41, 5.74) is 2.53. The number of sulfonamides is 1. The van der Waals surface area contributed by atoms with Crippen molar-refractivity contribution in [3.63, 3.8) is 0 Å². The summed E-state index contributed by atoms with van der Waals surface area (Å²) >= 11 is 0. The molecule has 0 spiro atoms. The van der Waals surface area contributed by atoms with Gasteiger partial charge in [0, 0.05) is 31.9 Å². The summed E-state index contributed by atoms with van der Waals surface area (Å²) in [5.74, 6) is -0.222. The van der Waals surface area contributed by atoms with Crippen LogP contribution in [0, 0.1) is 13.8 Å². The van der Waals surface area contributed by atoms with E-state index in [2.05, 4.69) is 26.3 Å². The first-order valence-corrected chi connectivity index (χ1v) is 10.8. The SMILES string of the molecule is Cc1ccc(OC(F)F)c(NS(=O)(=O)c2ccc(C)c(N3CCN(C)CC3)c2)c1. The molecule has 2 aromatic rings. The molecule has 0 radical (unpaired) electrons. The van der Waals surface area contributed by atoms with Crippen molar-refractivity contribution in [1.82, 2.24) is 4.90 Å². The number of nitrogens with zero attached hydrogens (tertiary/aromatic N) is 2. The zero-order valence-corrected chi connectivity index (χ0v) is 17.5. The number of anilines is 2. The highest BCUT2D eigenvalue weighted by molar-refractivity contribution is 7.92. The van der Waals surface area contributed by atoms with Crippen LogP contribution in [0.1, 0.15) is 11.1 Å². The first-order valence-electron chi connectivity index (χ1n) is 9.28. The number of hydrogen-bond donors (Lipinski definition) is 1. The van der Waals surface area contributed by atoms with Gasteiger partial charge in [-0.3, -0.25) is 4.72 Å². The zero-order chi connectivity index (χ0) is 21.2. The van der Waals surface area contributed by atoms with Gasteiger partial charge in [-0.15, -0.1) is 0 Å². The van der Waals surface area contributed by atoms with E-state index in [9.17, 15) is 17.2 Å². The van der Waals surface area contributed by atoms with Crippen molar-refractivity contribution in [2.24, 2.45) is 0 Å². The Hall–Kier alpha value is -2.39. The molecule has 0 aliphatic carbocycles. The number of halogens is 2. The lowest BCUT2D eigenvalue weighted by Crippen LogP contribution is -2.44. The van der Waals surface area contributed by atoms with Gasteiger partial charge in [0.25, 0.3) is 10.0 Å². The Bertz CT molecular complexity index is 975. The van der Waals surface area contributed by atoms with Gasteiger partial charge in [0.05, 0.1) is 10.6 Å². The monoisotopic (exact) mass is 425 g/mol. The van der Waals surface area contributed by atoms with Gasteiger partial charge < -0.3 is 14.5 Å². The maximum Gasteiger partial charge on any atom is 0.387 e. The molecule has 9 heteroatoms. The summed E-state index contributed by atoms with van der Waals surface area (Å²) in [7, 11) is -1.94. The first-order chi connectivity index (χ1) is 13.7. The van der Waals surface area contributed by atoms with E-state index >= 15 is 0 Å². The summed E-state index contributed by atoms with van der Waals surface area (Å²) in [5, 5.41) is 0. The standard InChI is InChI=1S/C20H25F2N3O3S/c1-14-4-7-19(28-20(21)22)17(12-14)23-29(26,27)16-6-5-15(2)18(13-16)25-10-8-24(3)9-11-25/h4-7,12-13,20,23H,8-11H2,1-3H3. The number of likely N-dealkylation sites (N-methyl/N-ethyl adjacent to an activating group) is 1. The van der Waals surface area contributed by atoms with Crippen LogP contribution in [0.15, 0.2) is 41.3 Å². The summed E-state index contributed by atoms with van der Waals surface area (Å²) in [6.07, 6.45) is 0. The highest BCUT2D eigenvalue weighted by Crippen LogP contribution is 2.31. The number of rotatable bonds is 6. The molecule has 0 amide bonds. The minimum absolute atomic E-state index is 0.0213. The second-order valence-electron chi connectivity index (χ2n) is 7.22. The van der Waals surface area contributed by atoms with Crippen LogP contribution in [0.3, 0.4) is 0 Å². The smallest absolute Gasteiger partial charge is 0.387 e. The van der Waals surface area contributed by atoms with E-state index in [0.717, 1.165) is 37.4 Å². The van der Waals surface area contributed by atoms with Gasteiger partial charge in [-0.25, -0.2) is 8.42 Å². The Labute approximate surface area is 170 Å². The molecule has 0 atom stereocenters.